The minimum atomic E-state index is 0.370. The van der Waals surface area contributed by atoms with Crippen LogP contribution in [0.3, 0.4) is 0 Å². The van der Waals surface area contributed by atoms with Crippen LogP contribution in [0, 0.1) is 0 Å². The smallest absolute Gasteiger partial charge is 0.154 e. The first-order valence-electron chi connectivity index (χ1n) is 4.53. The highest BCUT2D eigenvalue weighted by Crippen LogP contribution is 2.06. The molecule has 4 heteroatoms. The molecule has 0 atom stereocenters. The van der Waals surface area contributed by atoms with Crippen LogP contribution in [0.1, 0.15) is 5.69 Å². The Morgan fingerprint density at radius 1 is 1.00 bits per heavy atom. The molecule has 2 N–H and O–H groups in total. The second-order valence-electron chi connectivity index (χ2n) is 2.90. The monoisotopic (exact) mass is 198 g/mol. The van der Waals surface area contributed by atoms with Crippen molar-refractivity contribution in [3.8, 4) is 0 Å². The van der Waals surface area contributed by atoms with Crippen LogP contribution in [0.5, 0.6) is 0 Å². The lowest BCUT2D eigenvalue weighted by Gasteiger charge is -1.98. The van der Waals surface area contributed by atoms with Gasteiger partial charge in [0.1, 0.15) is 5.69 Å². The molecule has 0 aliphatic heterocycles. The van der Waals surface area contributed by atoms with Crippen LogP contribution < -0.4 is 5.73 Å². The quantitative estimate of drug-likeness (QED) is 0.587. The number of aliphatic imine (C=N–C) groups is 1. The Morgan fingerprint density at radius 3 is 2.33 bits per heavy atom. The molecule has 2 heterocycles. The van der Waals surface area contributed by atoms with Gasteiger partial charge in [-0.15, -0.1) is 0 Å². The maximum Gasteiger partial charge on any atom is 0.154 e. The molecule has 2 aromatic heterocycles. The van der Waals surface area contributed by atoms with E-state index in [9.17, 15) is 0 Å². The third kappa shape index (κ3) is 2.37. The van der Waals surface area contributed by atoms with Crippen LogP contribution in [0.4, 0.5) is 5.82 Å². The standard InChI is InChI=1S/C11H10N4/c12-11(9-5-1-3-7-13-9)15-10-6-2-4-8-14-10/h1-8H,(H2,12,14,15). The molecule has 0 saturated carbocycles. The normalized spacial score (nSPS) is 11.3. The van der Waals surface area contributed by atoms with Crippen LogP contribution in [-0.2, 0) is 0 Å². The summed E-state index contributed by atoms with van der Waals surface area (Å²) in [7, 11) is 0. The Bertz CT molecular complexity index is 451. The number of pyridine rings is 2. The van der Waals surface area contributed by atoms with E-state index in [0.717, 1.165) is 0 Å². The predicted octanol–water partition coefficient (Wildman–Crippen LogP) is 1.51. The lowest BCUT2D eigenvalue weighted by Crippen LogP contribution is -2.14. The highest BCUT2D eigenvalue weighted by molar-refractivity contribution is 5.96. The molecule has 0 bridgehead atoms. The number of rotatable bonds is 2. The lowest BCUT2D eigenvalue weighted by molar-refractivity contribution is 1.23. The average Bonchev–Trinajstić information content (AvgIpc) is 2.31. The number of nitrogens with zero attached hydrogens (tertiary/aromatic N) is 3. The molecule has 0 saturated heterocycles. The van der Waals surface area contributed by atoms with Gasteiger partial charge in [-0.3, -0.25) is 4.98 Å². The van der Waals surface area contributed by atoms with Gasteiger partial charge in [-0.2, -0.15) is 0 Å². The summed E-state index contributed by atoms with van der Waals surface area (Å²) in [4.78, 5) is 12.3. The van der Waals surface area contributed by atoms with Crippen molar-refractivity contribution in [2.45, 2.75) is 0 Å². The van der Waals surface area contributed by atoms with Gasteiger partial charge in [-0.1, -0.05) is 12.1 Å². The summed E-state index contributed by atoms with van der Waals surface area (Å²) in [6.45, 7) is 0. The van der Waals surface area contributed by atoms with E-state index < -0.39 is 0 Å². The number of amidine groups is 1. The van der Waals surface area contributed by atoms with Crippen LogP contribution in [0.25, 0.3) is 0 Å². The second-order valence-corrected chi connectivity index (χ2v) is 2.90. The first-order chi connectivity index (χ1) is 7.36. The molecule has 0 radical (unpaired) electrons. The van der Waals surface area contributed by atoms with Gasteiger partial charge < -0.3 is 5.73 Å². The van der Waals surface area contributed by atoms with Gasteiger partial charge in [0.05, 0.1) is 0 Å². The Balaban J connectivity index is 2.29. The van der Waals surface area contributed by atoms with E-state index >= 15 is 0 Å². The zero-order valence-electron chi connectivity index (χ0n) is 8.04. The molecule has 2 rings (SSSR count). The fraction of sp³-hybridized carbons (Fsp3) is 0. The van der Waals surface area contributed by atoms with Crippen LogP contribution in [0.15, 0.2) is 53.8 Å². The van der Waals surface area contributed by atoms with Crippen LogP contribution >= 0.6 is 0 Å². The number of aromatic nitrogens is 2. The maximum atomic E-state index is 5.77. The first kappa shape index (κ1) is 9.33. The summed E-state index contributed by atoms with van der Waals surface area (Å²) in [6.07, 6.45) is 3.35. The largest absolute Gasteiger partial charge is 0.382 e. The van der Waals surface area contributed by atoms with Gasteiger partial charge in [-0.25, -0.2) is 9.98 Å². The summed E-state index contributed by atoms with van der Waals surface area (Å²) in [5.74, 6) is 0.954. The highest BCUT2D eigenvalue weighted by atomic mass is 15.0. The third-order valence-corrected chi connectivity index (χ3v) is 1.81. The van der Waals surface area contributed by atoms with Gasteiger partial charge in [0, 0.05) is 12.4 Å². The van der Waals surface area contributed by atoms with Crippen molar-refractivity contribution in [3.63, 3.8) is 0 Å². The van der Waals surface area contributed by atoms with E-state index in [-0.39, 0.29) is 0 Å². The number of nitrogens with two attached hydrogens (primary N) is 1. The van der Waals surface area contributed by atoms with E-state index in [2.05, 4.69) is 15.0 Å². The molecule has 0 fully saturated rings. The lowest BCUT2D eigenvalue weighted by atomic mass is 10.3. The molecular formula is C11H10N4. The molecule has 0 aromatic carbocycles. The number of hydrogen-bond donors (Lipinski definition) is 1. The summed E-state index contributed by atoms with van der Waals surface area (Å²) < 4.78 is 0. The molecule has 0 spiro atoms. The van der Waals surface area contributed by atoms with E-state index in [4.69, 9.17) is 5.73 Å². The minimum absolute atomic E-state index is 0.370. The van der Waals surface area contributed by atoms with Crippen molar-refractivity contribution in [2.24, 2.45) is 10.7 Å². The second kappa shape index (κ2) is 4.32. The van der Waals surface area contributed by atoms with Gasteiger partial charge >= 0.3 is 0 Å². The summed E-state index contributed by atoms with van der Waals surface area (Å²) in [5, 5.41) is 0. The van der Waals surface area contributed by atoms with Crippen molar-refractivity contribution in [2.75, 3.05) is 0 Å². The van der Waals surface area contributed by atoms with Crippen molar-refractivity contribution in [1.82, 2.24) is 9.97 Å². The van der Waals surface area contributed by atoms with E-state index in [1.165, 1.54) is 0 Å². The van der Waals surface area contributed by atoms with Crippen LogP contribution in [-0.4, -0.2) is 15.8 Å². The molecule has 0 unspecified atom stereocenters. The molecule has 0 aliphatic carbocycles. The first-order valence-corrected chi connectivity index (χ1v) is 4.53. The summed E-state index contributed by atoms with van der Waals surface area (Å²) >= 11 is 0. The minimum Gasteiger partial charge on any atom is -0.382 e. The van der Waals surface area contributed by atoms with Gasteiger partial charge in [-0.05, 0) is 24.3 Å². The summed E-state index contributed by atoms with van der Waals surface area (Å²) in [5.41, 5.74) is 6.43. The molecule has 15 heavy (non-hydrogen) atoms. The fourth-order valence-corrected chi connectivity index (χ4v) is 1.11. The molecule has 74 valence electrons. The maximum absolute atomic E-state index is 5.77. The molecule has 0 amide bonds. The topological polar surface area (TPSA) is 64.2 Å². The van der Waals surface area contributed by atoms with Gasteiger partial charge in [0.15, 0.2) is 11.7 Å². The van der Waals surface area contributed by atoms with Gasteiger partial charge in [0.25, 0.3) is 0 Å². The Labute approximate surface area is 87.5 Å². The van der Waals surface area contributed by atoms with E-state index in [1.807, 2.05) is 30.3 Å². The van der Waals surface area contributed by atoms with Crippen molar-refractivity contribution in [1.29, 1.82) is 0 Å². The Morgan fingerprint density at radius 2 is 1.73 bits per heavy atom. The molecule has 4 nitrogen and oxygen atoms in total. The third-order valence-electron chi connectivity index (χ3n) is 1.81. The van der Waals surface area contributed by atoms with Crippen molar-refractivity contribution < 1.29 is 0 Å². The van der Waals surface area contributed by atoms with Crippen molar-refractivity contribution in [3.05, 3.63) is 54.5 Å². The van der Waals surface area contributed by atoms with E-state index in [0.29, 0.717) is 17.3 Å². The SMILES string of the molecule is NC(=Nc1ccccn1)c1ccccn1. The predicted molar refractivity (Wildman–Crippen MR) is 58.9 cm³/mol. The average molecular weight is 198 g/mol. The Kier molecular flexibility index (Phi) is 2.69. The van der Waals surface area contributed by atoms with Gasteiger partial charge in [0.2, 0.25) is 0 Å². The fourth-order valence-electron chi connectivity index (χ4n) is 1.11. The molecule has 0 aliphatic rings. The Hall–Kier alpha value is -2.23. The highest BCUT2D eigenvalue weighted by Gasteiger charge is 1.98. The van der Waals surface area contributed by atoms with E-state index in [1.54, 1.807) is 18.5 Å². The zero-order chi connectivity index (χ0) is 10.5. The van der Waals surface area contributed by atoms with Crippen LogP contribution in [0.2, 0.25) is 0 Å². The number of hydrogen-bond acceptors (Lipinski definition) is 3. The molecular weight excluding hydrogens is 188 g/mol. The summed E-state index contributed by atoms with van der Waals surface area (Å²) in [6, 6.07) is 11.0. The molecule has 2 aromatic rings. The van der Waals surface area contributed by atoms with Crippen molar-refractivity contribution >= 4 is 11.7 Å². The zero-order valence-corrected chi connectivity index (χ0v) is 8.04.